The van der Waals surface area contributed by atoms with Gasteiger partial charge < -0.3 is 29.4 Å². The number of aliphatic hydroxyl groups excluding tert-OH is 1. The zero-order valence-electron chi connectivity index (χ0n) is 21.0. The van der Waals surface area contributed by atoms with E-state index in [2.05, 4.69) is 5.32 Å². The summed E-state index contributed by atoms with van der Waals surface area (Å²) in [5.41, 5.74) is 2.75. The topological polar surface area (TPSA) is 103 Å². The zero-order chi connectivity index (χ0) is 26.7. The Morgan fingerprint density at radius 2 is 1.70 bits per heavy atom. The van der Waals surface area contributed by atoms with Gasteiger partial charge in [-0.15, -0.1) is 0 Å². The van der Waals surface area contributed by atoms with Crippen LogP contribution in [0.2, 0.25) is 0 Å². The number of aryl methyl sites for hydroxylation is 1. The number of methoxy groups -OCH3 is 4. The number of rotatable bonds is 7. The Morgan fingerprint density at radius 3 is 2.35 bits per heavy atom. The first-order chi connectivity index (χ1) is 17.8. The van der Waals surface area contributed by atoms with E-state index in [0.29, 0.717) is 46.8 Å². The number of carbonyl (C=O) groups is 1. The highest BCUT2D eigenvalue weighted by molar-refractivity contribution is 5.95. The van der Waals surface area contributed by atoms with Gasteiger partial charge in [-0.2, -0.15) is 0 Å². The Hall–Kier alpha value is -4.11. The van der Waals surface area contributed by atoms with Crippen molar-refractivity contribution in [3.63, 3.8) is 0 Å². The summed E-state index contributed by atoms with van der Waals surface area (Å²) in [6, 6.07) is 9.70. The number of hydrogen-bond acceptors (Lipinski definition) is 7. The molecule has 2 N–H and O–H groups in total. The number of halogens is 1. The summed E-state index contributed by atoms with van der Waals surface area (Å²) < 4.78 is 36.2. The van der Waals surface area contributed by atoms with Crippen LogP contribution < -0.4 is 29.7 Å². The van der Waals surface area contributed by atoms with E-state index in [0.717, 1.165) is 17.7 Å². The number of amides is 1. The SMILES string of the molecule is COc1cc2c(c(OC)c1OC)-c1ccc(OC)c(=O)cc1[C@@H](NC(=O)c1cc(F)cc(CO)c1)CC2. The molecule has 3 aromatic carbocycles. The molecule has 1 amide bonds. The van der Waals surface area contributed by atoms with E-state index in [-0.39, 0.29) is 22.3 Å². The fraction of sp³-hybridized carbons (Fsp3) is 0.286. The van der Waals surface area contributed by atoms with Crippen LogP contribution in [0, 0.1) is 5.82 Å². The molecule has 0 fully saturated rings. The number of carbonyl (C=O) groups excluding carboxylic acids is 1. The molecule has 0 unspecified atom stereocenters. The van der Waals surface area contributed by atoms with E-state index in [9.17, 15) is 19.1 Å². The van der Waals surface area contributed by atoms with E-state index in [1.54, 1.807) is 12.1 Å². The molecule has 0 aliphatic heterocycles. The molecule has 0 saturated carbocycles. The van der Waals surface area contributed by atoms with Crippen LogP contribution in [0.1, 0.15) is 39.5 Å². The second kappa shape index (κ2) is 10.9. The molecular weight excluding hydrogens is 481 g/mol. The lowest BCUT2D eigenvalue weighted by Gasteiger charge is -2.20. The monoisotopic (exact) mass is 509 g/mol. The summed E-state index contributed by atoms with van der Waals surface area (Å²) in [5.74, 6) is 0.281. The van der Waals surface area contributed by atoms with Gasteiger partial charge in [0.05, 0.1) is 41.1 Å². The van der Waals surface area contributed by atoms with Crippen molar-refractivity contribution in [2.75, 3.05) is 28.4 Å². The third kappa shape index (κ3) is 4.95. The Kier molecular flexibility index (Phi) is 7.63. The molecule has 1 atom stereocenters. The maximum Gasteiger partial charge on any atom is 0.251 e. The number of fused-ring (bicyclic) bond motifs is 3. The second-order valence-electron chi connectivity index (χ2n) is 8.53. The average Bonchev–Trinajstić information content (AvgIpc) is 3.15. The standard InChI is InChI=1S/C28H28FNO7/c1-34-23-8-6-19-20(13-22(23)32)21(30-28(33)17-9-15(14-31)10-18(29)11-17)7-5-16-12-24(35-2)26(36-3)27(37-4)25(16)19/h6,8-13,21,31H,5,7,14H2,1-4H3,(H,30,33)/t21-/m0/s1. The summed E-state index contributed by atoms with van der Waals surface area (Å²) in [6.07, 6.45) is 0.935. The molecule has 9 heteroatoms. The highest BCUT2D eigenvalue weighted by Crippen LogP contribution is 2.50. The fourth-order valence-electron chi connectivity index (χ4n) is 4.73. The summed E-state index contributed by atoms with van der Waals surface area (Å²) in [5, 5.41) is 12.4. The predicted molar refractivity (Wildman–Crippen MR) is 135 cm³/mol. The first kappa shape index (κ1) is 26.0. The van der Waals surface area contributed by atoms with Gasteiger partial charge in [-0.1, -0.05) is 6.07 Å². The smallest absolute Gasteiger partial charge is 0.251 e. The minimum atomic E-state index is -0.632. The van der Waals surface area contributed by atoms with Gasteiger partial charge in [0, 0.05) is 11.1 Å². The van der Waals surface area contributed by atoms with E-state index in [1.807, 2.05) is 6.07 Å². The molecule has 0 bridgehead atoms. The Bertz CT molecular complexity index is 1410. The van der Waals surface area contributed by atoms with Gasteiger partial charge in [0.15, 0.2) is 17.2 Å². The van der Waals surface area contributed by atoms with Gasteiger partial charge in [0.1, 0.15) is 5.82 Å². The highest BCUT2D eigenvalue weighted by atomic mass is 19.1. The van der Waals surface area contributed by atoms with Crippen molar-refractivity contribution >= 4 is 5.91 Å². The molecule has 194 valence electrons. The Labute approximate surface area is 213 Å². The van der Waals surface area contributed by atoms with E-state index in [1.165, 1.54) is 40.6 Å². The van der Waals surface area contributed by atoms with Crippen LogP contribution in [0.5, 0.6) is 23.0 Å². The maximum absolute atomic E-state index is 14.1. The van der Waals surface area contributed by atoms with E-state index in [4.69, 9.17) is 18.9 Å². The van der Waals surface area contributed by atoms with Gasteiger partial charge >= 0.3 is 0 Å². The van der Waals surface area contributed by atoms with Crippen LogP contribution >= 0.6 is 0 Å². The van der Waals surface area contributed by atoms with Crippen LogP contribution in [-0.4, -0.2) is 39.5 Å². The zero-order valence-corrected chi connectivity index (χ0v) is 21.0. The summed E-state index contributed by atoms with van der Waals surface area (Å²) >= 11 is 0. The molecule has 0 radical (unpaired) electrons. The van der Waals surface area contributed by atoms with Crippen molar-refractivity contribution in [3.8, 4) is 34.1 Å². The largest absolute Gasteiger partial charge is 0.493 e. The van der Waals surface area contributed by atoms with Crippen LogP contribution in [-0.2, 0) is 13.0 Å². The van der Waals surface area contributed by atoms with Gasteiger partial charge in [-0.3, -0.25) is 9.59 Å². The van der Waals surface area contributed by atoms with Crippen LogP contribution in [0.15, 0.2) is 47.3 Å². The number of hydrogen-bond donors (Lipinski definition) is 2. The van der Waals surface area contributed by atoms with Crippen molar-refractivity contribution in [2.45, 2.75) is 25.5 Å². The lowest BCUT2D eigenvalue weighted by molar-refractivity contribution is 0.0934. The van der Waals surface area contributed by atoms with E-state index < -0.39 is 24.4 Å². The summed E-state index contributed by atoms with van der Waals surface area (Å²) in [4.78, 5) is 26.2. The molecule has 4 rings (SSSR count). The first-order valence-corrected chi connectivity index (χ1v) is 11.6. The lowest BCUT2D eigenvalue weighted by atomic mass is 9.95. The van der Waals surface area contributed by atoms with Gasteiger partial charge in [-0.25, -0.2) is 4.39 Å². The second-order valence-corrected chi connectivity index (χ2v) is 8.53. The molecule has 8 nitrogen and oxygen atoms in total. The molecule has 37 heavy (non-hydrogen) atoms. The Balaban J connectivity index is 1.91. The molecular formula is C28H28FNO7. The van der Waals surface area contributed by atoms with Crippen molar-refractivity contribution in [2.24, 2.45) is 0 Å². The lowest BCUT2D eigenvalue weighted by Crippen LogP contribution is -2.29. The molecule has 0 spiro atoms. The minimum Gasteiger partial charge on any atom is -0.493 e. The third-order valence-corrected chi connectivity index (χ3v) is 6.43. The molecule has 1 aliphatic carbocycles. The number of aliphatic hydroxyl groups is 1. The molecule has 3 aromatic rings. The molecule has 0 saturated heterocycles. The Morgan fingerprint density at radius 1 is 0.973 bits per heavy atom. The summed E-state index contributed by atoms with van der Waals surface area (Å²) in [6.45, 7) is -0.405. The van der Waals surface area contributed by atoms with Gasteiger partial charge in [-0.05, 0) is 71.5 Å². The predicted octanol–water partition coefficient (Wildman–Crippen LogP) is 3.80. The normalized spacial score (nSPS) is 14.1. The third-order valence-electron chi connectivity index (χ3n) is 6.43. The van der Waals surface area contributed by atoms with Crippen LogP contribution in [0.25, 0.3) is 11.1 Å². The number of ether oxygens (including phenoxy) is 4. The number of nitrogens with one attached hydrogen (secondary N) is 1. The van der Waals surface area contributed by atoms with Crippen LogP contribution in [0.4, 0.5) is 4.39 Å². The minimum absolute atomic E-state index is 0.0634. The molecule has 0 aromatic heterocycles. The van der Waals surface area contributed by atoms with Gasteiger partial charge in [0.25, 0.3) is 5.91 Å². The number of benzene rings is 2. The van der Waals surface area contributed by atoms with Crippen molar-refractivity contribution < 1.29 is 33.2 Å². The average molecular weight is 510 g/mol. The summed E-state index contributed by atoms with van der Waals surface area (Å²) in [7, 11) is 5.97. The quantitative estimate of drug-likeness (QED) is 0.499. The van der Waals surface area contributed by atoms with Crippen molar-refractivity contribution in [3.05, 3.63) is 80.8 Å². The van der Waals surface area contributed by atoms with Crippen LogP contribution in [0.3, 0.4) is 0 Å². The molecule has 0 heterocycles. The van der Waals surface area contributed by atoms with Gasteiger partial charge in [0.2, 0.25) is 11.2 Å². The highest BCUT2D eigenvalue weighted by Gasteiger charge is 2.30. The van der Waals surface area contributed by atoms with Crippen molar-refractivity contribution in [1.82, 2.24) is 5.32 Å². The molecule has 1 aliphatic rings. The van der Waals surface area contributed by atoms with E-state index >= 15 is 0 Å². The fourth-order valence-corrected chi connectivity index (χ4v) is 4.73. The van der Waals surface area contributed by atoms with Crippen molar-refractivity contribution in [1.29, 1.82) is 0 Å². The maximum atomic E-state index is 14.1. The first-order valence-electron chi connectivity index (χ1n) is 11.6.